The lowest BCUT2D eigenvalue weighted by Gasteiger charge is -2.19. The molecule has 0 aliphatic carbocycles. The highest BCUT2D eigenvalue weighted by atomic mass is 35.5. The van der Waals surface area contributed by atoms with Gasteiger partial charge in [-0.3, -0.25) is 14.5 Å². The summed E-state index contributed by atoms with van der Waals surface area (Å²) in [5, 5.41) is 5.56. The van der Waals surface area contributed by atoms with E-state index in [9.17, 15) is 14.4 Å². The fourth-order valence-corrected chi connectivity index (χ4v) is 2.67. The van der Waals surface area contributed by atoms with E-state index in [4.69, 9.17) is 21.1 Å². The number of nitrogens with zero attached hydrogens (tertiary/aromatic N) is 1. The lowest BCUT2D eigenvalue weighted by atomic mass is 9.99. The maximum absolute atomic E-state index is 12.4. The van der Waals surface area contributed by atoms with Crippen molar-refractivity contribution in [2.45, 2.75) is 25.8 Å². The summed E-state index contributed by atoms with van der Waals surface area (Å²) in [6, 6.07) is 4.32. The number of rotatable bonds is 8. The van der Waals surface area contributed by atoms with Crippen molar-refractivity contribution >= 4 is 35.1 Å². The maximum Gasteiger partial charge on any atom is 0.325 e. The van der Waals surface area contributed by atoms with Crippen LogP contribution in [0.1, 0.15) is 20.3 Å². The van der Waals surface area contributed by atoms with E-state index in [2.05, 4.69) is 10.6 Å². The van der Waals surface area contributed by atoms with Crippen molar-refractivity contribution in [3.05, 3.63) is 23.2 Å². The van der Waals surface area contributed by atoms with Gasteiger partial charge in [0, 0.05) is 7.11 Å². The van der Waals surface area contributed by atoms with Crippen molar-refractivity contribution in [3.63, 3.8) is 0 Å². The first-order valence-electron chi connectivity index (χ1n) is 8.16. The van der Waals surface area contributed by atoms with Gasteiger partial charge in [0.15, 0.2) is 5.75 Å². The maximum atomic E-state index is 12.4. The Labute approximate surface area is 156 Å². The molecule has 1 unspecified atom stereocenters. The smallest absolute Gasteiger partial charge is 0.325 e. The molecule has 2 rings (SSSR count). The first kappa shape index (κ1) is 20.0. The Bertz CT molecular complexity index is 712. The lowest BCUT2D eigenvalue weighted by molar-refractivity contribution is -0.133. The number of amides is 4. The van der Waals surface area contributed by atoms with Gasteiger partial charge in [0.2, 0.25) is 5.91 Å². The van der Waals surface area contributed by atoms with Gasteiger partial charge in [-0.15, -0.1) is 0 Å². The van der Waals surface area contributed by atoms with E-state index in [1.54, 1.807) is 39.2 Å². The first-order chi connectivity index (χ1) is 12.3. The summed E-state index contributed by atoms with van der Waals surface area (Å²) in [6.45, 7) is 3.63. The van der Waals surface area contributed by atoms with Crippen LogP contribution < -0.4 is 15.4 Å². The second-order valence-corrected chi connectivity index (χ2v) is 6.42. The van der Waals surface area contributed by atoms with Gasteiger partial charge in [0.05, 0.1) is 17.3 Å². The number of imide groups is 1. The molecule has 1 aromatic carbocycles. The number of hydrogen-bond donors (Lipinski definition) is 2. The fourth-order valence-electron chi connectivity index (χ4n) is 2.44. The molecule has 0 radical (unpaired) electrons. The van der Waals surface area contributed by atoms with E-state index in [-0.39, 0.29) is 6.61 Å². The summed E-state index contributed by atoms with van der Waals surface area (Å²) in [5.41, 5.74) is -0.633. The molecule has 1 atom stereocenters. The molecule has 142 valence electrons. The minimum atomic E-state index is -0.984. The third kappa shape index (κ3) is 4.25. The minimum absolute atomic E-state index is 0.255. The average Bonchev–Trinajstić information content (AvgIpc) is 2.81. The highest BCUT2D eigenvalue weighted by Crippen LogP contribution is 2.33. The highest BCUT2D eigenvalue weighted by Gasteiger charge is 2.47. The number of anilines is 1. The zero-order chi connectivity index (χ0) is 19.3. The average molecular weight is 384 g/mol. The van der Waals surface area contributed by atoms with E-state index >= 15 is 0 Å². The van der Waals surface area contributed by atoms with Crippen LogP contribution in [-0.4, -0.2) is 55.2 Å². The van der Waals surface area contributed by atoms with Crippen molar-refractivity contribution in [2.75, 3.05) is 32.2 Å². The number of urea groups is 1. The molecule has 0 saturated carbocycles. The Morgan fingerprint density at radius 3 is 2.69 bits per heavy atom. The molecule has 2 N–H and O–H groups in total. The summed E-state index contributed by atoms with van der Waals surface area (Å²) in [6.07, 6.45) is 0.432. The van der Waals surface area contributed by atoms with Crippen LogP contribution in [0.5, 0.6) is 5.75 Å². The number of hydrogen-bond acceptors (Lipinski definition) is 5. The topological polar surface area (TPSA) is 97.0 Å². The summed E-state index contributed by atoms with van der Waals surface area (Å²) in [5.74, 6) is -0.661. The highest BCUT2D eigenvalue weighted by molar-refractivity contribution is 6.32. The Morgan fingerprint density at radius 1 is 1.35 bits per heavy atom. The third-order valence-corrected chi connectivity index (χ3v) is 4.43. The molecular weight excluding hydrogens is 362 g/mol. The Balaban J connectivity index is 2.08. The Morgan fingerprint density at radius 2 is 2.08 bits per heavy atom. The van der Waals surface area contributed by atoms with Crippen LogP contribution in [0.3, 0.4) is 0 Å². The van der Waals surface area contributed by atoms with E-state index in [1.165, 1.54) is 0 Å². The standard InChI is InChI=1S/C17H22ClN3O5/c1-4-17(2)15(23)21(16(24)20-17)10-13(22)19-12-7-5-6-11(18)14(12)26-9-8-25-3/h5-7H,4,8-10H2,1-3H3,(H,19,22)(H,20,24). The van der Waals surface area contributed by atoms with Crippen LogP contribution in [0.25, 0.3) is 0 Å². The fraction of sp³-hybridized carbons (Fsp3) is 0.471. The summed E-state index contributed by atoms with van der Waals surface area (Å²) < 4.78 is 10.5. The van der Waals surface area contributed by atoms with E-state index in [1.807, 2.05) is 0 Å². The van der Waals surface area contributed by atoms with Gasteiger partial charge in [0.1, 0.15) is 18.7 Å². The number of halogens is 1. The van der Waals surface area contributed by atoms with Crippen LogP contribution in [0.2, 0.25) is 5.02 Å². The van der Waals surface area contributed by atoms with Crippen molar-refractivity contribution in [3.8, 4) is 5.75 Å². The molecule has 0 aromatic heterocycles. The van der Waals surface area contributed by atoms with Crippen molar-refractivity contribution in [2.24, 2.45) is 0 Å². The SMILES string of the molecule is CCC1(C)NC(=O)N(CC(=O)Nc2cccc(Cl)c2OCCOC)C1=O. The number of methoxy groups -OCH3 is 1. The monoisotopic (exact) mass is 383 g/mol. The van der Waals surface area contributed by atoms with Gasteiger partial charge in [0.25, 0.3) is 5.91 Å². The molecule has 1 aliphatic heterocycles. The second kappa shape index (κ2) is 8.37. The molecule has 26 heavy (non-hydrogen) atoms. The summed E-state index contributed by atoms with van der Waals surface area (Å²) in [4.78, 5) is 37.6. The van der Waals surface area contributed by atoms with E-state index < -0.39 is 29.9 Å². The molecule has 1 aromatic rings. The number of para-hydroxylation sites is 1. The van der Waals surface area contributed by atoms with Gasteiger partial charge in [-0.25, -0.2) is 4.79 Å². The number of carbonyl (C=O) groups is 3. The second-order valence-electron chi connectivity index (χ2n) is 6.01. The van der Waals surface area contributed by atoms with Gasteiger partial charge in [-0.05, 0) is 25.5 Å². The summed E-state index contributed by atoms with van der Waals surface area (Å²) >= 11 is 6.12. The molecule has 8 nitrogen and oxygen atoms in total. The van der Waals surface area contributed by atoms with Crippen LogP contribution in [0.4, 0.5) is 10.5 Å². The molecule has 1 fully saturated rings. The number of carbonyl (C=O) groups excluding carboxylic acids is 3. The molecule has 9 heteroatoms. The van der Waals surface area contributed by atoms with Crippen LogP contribution in [0.15, 0.2) is 18.2 Å². The van der Waals surface area contributed by atoms with Gasteiger partial charge in [-0.1, -0.05) is 24.6 Å². The van der Waals surface area contributed by atoms with E-state index in [0.717, 1.165) is 4.90 Å². The van der Waals surface area contributed by atoms with Crippen LogP contribution in [-0.2, 0) is 14.3 Å². The van der Waals surface area contributed by atoms with Crippen LogP contribution >= 0.6 is 11.6 Å². The molecular formula is C17H22ClN3O5. The van der Waals surface area contributed by atoms with Gasteiger partial charge < -0.3 is 20.1 Å². The Hall–Kier alpha value is -2.32. The normalized spacial score (nSPS) is 19.5. The van der Waals surface area contributed by atoms with Gasteiger partial charge in [-0.2, -0.15) is 0 Å². The molecule has 1 heterocycles. The largest absolute Gasteiger partial charge is 0.487 e. The Kier molecular flexibility index (Phi) is 6.44. The molecule has 4 amide bonds. The number of nitrogens with one attached hydrogen (secondary N) is 2. The van der Waals surface area contributed by atoms with Crippen LogP contribution in [0, 0.1) is 0 Å². The van der Waals surface area contributed by atoms with Crippen molar-refractivity contribution < 1.29 is 23.9 Å². The number of ether oxygens (including phenoxy) is 2. The molecule has 1 saturated heterocycles. The zero-order valence-electron chi connectivity index (χ0n) is 14.9. The third-order valence-electron chi connectivity index (χ3n) is 4.13. The lowest BCUT2D eigenvalue weighted by Crippen LogP contribution is -2.44. The van der Waals surface area contributed by atoms with Crippen molar-refractivity contribution in [1.82, 2.24) is 10.2 Å². The van der Waals surface area contributed by atoms with E-state index in [0.29, 0.717) is 29.5 Å². The van der Waals surface area contributed by atoms with Gasteiger partial charge >= 0.3 is 6.03 Å². The number of benzene rings is 1. The molecule has 0 bridgehead atoms. The van der Waals surface area contributed by atoms with Crippen molar-refractivity contribution in [1.29, 1.82) is 0 Å². The molecule has 0 spiro atoms. The predicted octanol–water partition coefficient (Wildman–Crippen LogP) is 2.02. The zero-order valence-corrected chi connectivity index (χ0v) is 15.7. The minimum Gasteiger partial charge on any atom is -0.487 e. The first-order valence-corrected chi connectivity index (χ1v) is 8.54. The predicted molar refractivity (Wildman–Crippen MR) is 96.4 cm³/mol. The quantitative estimate of drug-likeness (QED) is 0.528. The summed E-state index contributed by atoms with van der Waals surface area (Å²) in [7, 11) is 1.54. The molecule has 1 aliphatic rings.